The summed E-state index contributed by atoms with van der Waals surface area (Å²) in [6, 6.07) is 0. The number of halogens is 4. The van der Waals surface area contributed by atoms with E-state index in [0.717, 1.165) is 34.7 Å². The number of nitrogens with zero attached hydrogens (tertiary/aromatic N) is 2. The average molecular weight is 352 g/mol. The Hall–Kier alpha value is -1.18. The quantitative estimate of drug-likeness (QED) is 0.757. The molecule has 0 bridgehead atoms. The average Bonchev–Trinajstić information content (AvgIpc) is 3.16. The van der Waals surface area contributed by atoms with Crippen LogP contribution in [-0.4, -0.2) is 22.8 Å². The van der Waals surface area contributed by atoms with Gasteiger partial charge in [0, 0.05) is 17.1 Å². The Morgan fingerprint density at radius 1 is 1.35 bits per heavy atom. The van der Waals surface area contributed by atoms with E-state index in [2.05, 4.69) is 4.99 Å². The van der Waals surface area contributed by atoms with Crippen molar-refractivity contribution in [2.45, 2.75) is 64.8 Å². The van der Waals surface area contributed by atoms with Gasteiger partial charge in [0.1, 0.15) is 0 Å². The maximum absolute atomic E-state index is 13.2. The fourth-order valence-electron chi connectivity index (χ4n) is 2.29. The number of aromatic nitrogens is 1. The van der Waals surface area contributed by atoms with Crippen LogP contribution in [0.4, 0.5) is 17.6 Å². The van der Waals surface area contributed by atoms with Crippen LogP contribution in [-0.2, 0) is 16.8 Å². The third-order valence-electron chi connectivity index (χ3n) is 3.73. The highest BCUT2D eigenvalue weighted by Crippen LogP contribution is 2.33. The first-order chi connectivity index (χ1) is 10.4. The van der Waals surface area contributed by atoms with Crippen LogP contribution in [0, 0.1) is 12.8 Å². The molecule has 1 aliphatic rings. The lowest BCUT2D eigenvalue weighted by atomic mass is 9.93. The largest absolute Gasteiger partial charge is 0.385 e. The van der Waals surface area contributed by atoms with Gasteiger partial charge in [-0.3, -0.25) is 4.79 Å². The Kier molecular flexibility index (Phi) is 4.76. The zero-order chi connectivity index (χ0) is 17.6. The van der Waals surface area contributed by atoms with Crippen molar-refractivity contribution in [2.75, 3.05) is 0 Å². The van der Waals surface area contributed by atoms with E-state index in [0.29, 0.717) is 12.5 Å². The van der Waals surface area contributed by atoms with Crippen LogP contribution in [0.3, 0.4) is 0 Å². The van der Waals surface area contributed by atoms with Crippen LogP contribution in [0.1, 0.15) is 44.2 Å². The fourth-order valence-corrected chi connectivity index (χ4v) is 3.49. The topological polar surface area (TPSA) is 34.4 Å². The summed E-state index contributed by atoms with van der Waals surface area (Å²) in [5, 5.41) is 0. The van der Waals surface area contributed by atoms with Crippen LogP contribution in [0.5, 0.6) is 0 Å². The molecule has 0 aromatic carbocycles. The molecule has 1 fully saturated rings. The van der Waals surface area contributed by atoms with Crippen molar-refractivity contribution >= 4 is 17.2 Å². The van der Waals surface area contributed by atoms with Gasteiger partial charge in [0.05, 0.1) is 0 Å². The SMILES string of the molecule is Cc1c(C(C)(C)C)s/c(=N\C(=O)C(F)(F)C(F)F)n1CC1CC1. The fraction of sp³-hybridized carbons (Fsp3) is 0.733. The minimum atomic E-state index is -4.75. The standard InChI is InChI=1S/C15H20F4N2OS/c1-8-10(14(2,3)4)23-13(21(8)7-9-5-6-9)20-12(22)15(18,19)11(16)17/h9,11H,5-7H2,1-4H3/b20-13-. The number of amides is 1. The number of rotatable bonds is 4. The first kappa shape index (κ1) is 18.2. The summed E-state index contributed by atoms with van der Waals surface area (Å²) in [6.45, 7) is 8.31. The predicted molar refractivity (Wildman–Crippen MR) is 80.0 cm³/mol. The lowest BCUT2D eigenvalue weighted by Crippen LogP contribution is -2.37. The van der Waals surface area contributed by atoms with Crippen molar-refractivity contribution in [3.05, 3.63) is 15.4 Å². The Balaban J connectivity index is 2.51. The molecule has 1 heterocycles. The van der Waals surface area contributed by atoms with Gasteiger partial charge in [0.15, 0.2) is 4.80 Å². The van der Waals surface area contributed by atoms with E-state index in [4.69, 9.17) is 0 Å². The molecule has 0 spiro atoms. The third kappa shape index (κ3) is 3.84. The van der Waals surface area contributed by atoms with Crippen molar-refractivity contribution in [2.24, 2.45) is 10.9 Å². The van der Waals surface area contributed by atoms with E-state index in [1.54, 1.807) is 4.57 Å². The van der Waals surface area contributed by atoms with Crippen LogP contribution in [0.15, 0.2) is 4.99 Å². The van der Waals surface area contributed by atoms with Crippen LogP contribution in [0.25, 0.3) is 0 Å². The molecule has 23 heavy (non-hydrogen) atoms. The summed E-state index contributed by atoms with van der Waals surface area (Å²) in [5.74, 6) is -6.41. The highest BCUT2D eigenvalue weighted by Gasteiger charge is 2.49. The van der Waals surface area contributed by atoms with Crippen molar-refractivity contribution in [3.8, 4) is 0 Å². The van der Waals surface area contributed by atoms with E-state index in [1.807, 2.05) is 27.7 Å². The van der Waals surface area contributed by atoms with Crippen molar-refractivity contribution in [1.29, 1.82) is 0 Å². The van der Waals surface area contributed by atoms with Crippen LogP contribution in [0.2, 0.25) is 0 Å². The first-order valence-corrected chi connectivity index (χ1v) is 8.22. The molecule has 1 aromatic rings. The Labute approximate surface area is 136 Å². The normalized spacial score (nSPS) is 17.2. The third-order valence-corrected chi connectivity index (χ3v) is 5.34. The lowest BCUT2D eigenvalue weighted by molar-refractivity contribution is -0.165. The molecule has 2 rings (SSSR count). The van der Waals surface area contributed by atoms with Crippen molar-refractivity contribution < 1.29 is 22.4 Å². The van der Waals surface area contributed by atoms with Gasteiger partial charge in [-0.15, -0.1) is 11.3 Å². The van der Waals surface area contributed by atoms with Gasteiger partial charge in [-0.2, -0.15) is 13.8 Å². The lowest BCUT2D eigenvalue weighted by Gasteiger charge is -2.17. The minimum absolute atomic E-state index is 0.0738. The highest BCUT2D eigenvalue weighted by atomic mass is 32.1. The Bertz CT molecular complexity index is 666. The van der Waals surface area contributed by atoms with Gasteiger partial charge in [-0.25, -0.2) is 8.78 Å². The summed E-state index contributed by atoms with van der Waals surface area (Å²) >= 11 is 1.12. The summed E-state index contributed by atoms with van der Waals surface area (Å²) in [6.07, 6.45) is -1.99. The van der Waals surface area contributed by atoms with Gasteiger partial charge < -0.3 is 4.57 Å². The van der Waals surface area contributed by atoms with E-state index in [1.165, 1.54) is 0 Å². The molecule has 0 aliphatic heterocycles. The summed E-state index contributed by atoms with van der Waals surface area (Å²) in [4.78, 5) is 15.8. The van der Waals surface area contributed by atoms with Gasteiger partial charge in [0.2, 0.25) is 0 Å². The molecule has 1 amide bonds. The molecular formula is C15H20F4N2OS. The minimum Gasteiger partial charge on any atom is -0.320 e. The molecule has 0 saturated heterocycles. The Morgan fingerprint density at radius 2 is 1.91 bits per heavy atom. The first-order valence-electron chi connectivity index (χ1n) is 7.40. The summed E-state index contributed by atoms with van der Waals surface area (Å²) in [7, 11) is 0. The predicted octanol–water partition coefficient (Wildman–Crippen LogP) is 3.89. The number of hydrogen-bond acceptors (Lipinski definition) is 2. The van der Waals surface area contributed by atoms with Crippen molar-refractivity contribution in [1.82, 2.24) is 4.57 Å². The van der Waals surface area contributed by atoms with E-state index in [9.17, 15) is 22.4 Å². The van der Waals surface area contributed by atoms with Crippen molar-refractivity contribution in [3.63, 3.8) is 0 Å². The van der Waals surface area contributed by atoms with Gasteiger partial charge in [0.25, 0.3) is 0 Å². The number of thiazole rings is 1. The number of alkyl halides is 4. The van der Waals surface area contributed by atoms with Crippen LogP contribution >= 0.6 is 11.3 Å². The molecule has 3 nitrogen and oxygen atoms in total. The van der Waals surface area contributed by atoms with Gasteiger partial charge in [-0.1, -0.05) is 20.8 Å². The van der Waals surface area contributed by atoms with E-state index >= 15 is 0 Å². The number of hydrogen-bond donors (Lipinski definition) is 0. The maximum atomic E-state index is 13.2. The number of carbonyl (C=O) groups is 1. The molecule has 130 valence electrons. The molecule has 1 aliphatic carbocycles. The molecule has 0 atom stereocenters. The zero-order valence-corrected chi connectivity index (χ0v) is 14.3. The van der Waals surface area contributed by atoms with E-state index in [-0.39, 0.29) is 10.2 Å². The molecule has 8 heteroatoms. The molecular weight excluding hydrogens is 332 g/mol. The summed E-state index contributed by atoms with van der Waals surface area (Å²) in [5.41, 5.74) is 0.601. The second-order valence-electron chi connectivity index (χ2n) is 6.94. The smallest absolute Gasteiger partial charge is 0.320 e. The molecule has 1 saturated carbocycles. The second-order valence-corrected chi connectivity index (χ2v) is 7.92. The Morgan fingerprint density at radius 3 is 2.35 bits per heavy atom. The molecule has 1 aromatic heterocycles. The van der Waals surface area contributed by atoms with Gasteiger partial charge >= 0.3 is 18.3 Å². The zero-order valence-electron chi connectivity index (χ0n) is 13.5. The second kappa shape index (κ2) is 6.03. The molecule has 0 radical (unpaired) electrons. The number of carbonyl (C=O) groups excluding carboxylic acids is 1. The monoisotopic (exact) mass is 352 g/mol. The molecule has 0 N–H and O–H groups in total. The van der Waals surface area contributed by atoms with Gasteiger partial charge in [-0.05, 0) is 31.1 Å². The maximum Gasteiger partial charge on any atom is 0.385 e. The van der Waals surface area contributed by atoms with E-state index < -0.39 is 18.3 Å². The molecule has 0 unspecified atom stereocenters. The summed E-state index contributed by atoms with van der Waals surface area (Å²) < 4.78 is 52.7. The van der Waals surface area contributed by atoms with Crippen LogP contribution < -0.4 is 4.80 Å². The highest BCUT2D eigenvalue weighted by molar-refractivity contribution is 7.09.